The molecule has 0 aliphatic carbocycles. The van der Waals surface area contributed by atoms with E-state index in [9.17, 15) is 9.59 Å². The highest BCUT2D eigenvalue weighted by atomic mass is 16.5. The first-order chi connectivity index (χ1) is 11.1. The quantitative estimate of drug-likeness (QED) is 0.415. The summed E-state index contributed by atoms with van der Waals surface area (Å²) >= 11 is 0. The number of hydrogen-bond acceptors (Lipinski definition) is 4. The minimum absolute atomic E-state index is 0.286. The van der Waals surface area contributed by atoms with Gasteiger partial charge in [-0.3, -0.25) is 4.79 Å². The minimum atomic E-state index is -0.403. The predicted molar refractivity (Wildman–Crippen MR) is 88.6 cm³/mol. The van der Waals surface area contributed by atoms with Gasteiger partial charge in [0, 0.05) is 17.9 Å². The molecule has 0 radical (unpaired) electrons. The Balaban J connectivity index is 2.15. The van der Waals surface area contributed by atoms with E-state index in [0.717, 1.165) is 16.5 Å². The van der Waals surface area contributed by atoms with Gasteiger partial charge in [-0.15, -0.1) is 0 Å². The molecule has 0 unspecified atom stereocenters. The summed E-state index contributed by atoms with van der Waals surface area (Å²) in [4.78, 5) is 23.7. The average molecular weight is 308 g/mol. The fourth-order valence-electron chi connectivity index (χ4n) is 2.54. The molecule has 0 atom stereocenters. The van der Waals surface area contributed by atoms with Gasteiger partial charge in [0.1, 0.15) is 11.3 Å². The third-order valence-corrected chi connectivity index (χ3v) is 3.72. The molecular formula is C19H16O4. The molecule has 0 fully saturated rings. The molecule has 1 aromatic heterocycles. The molecule has 0 saturated heterocycles. The number of ether oxygens (including phenoxy) is 1. The smallest absolute Gasteiger partial charge is 0.344 e. The molecular weight excluding hydrogens is 292 g/mol. The van der Waals surface area contributed by atoms with Crippen molar-refractivity contribution in [2.75, 3.05) is 0 Å². The van der Waals surface area contributed by atoms with Crippen molar-refractivity contribution in [3.8, 4) is 16.9 Å². The first-order valence-corrected chi connectivity index (χ1v) is 7.43. The van der Waals surface area contributed by atoms with Crippen LogP contribution in [0.1, 0.15) is 18.9 Å². The van der Waals surface area contributed by atoms with Gasteiger partial charge in [-0.2, -0.15) is 0 Å². The molecule has 4 heteroatoms. The first-order valence-electron chi connectivity index (χ1n) is 7.43. The van der Waals surface area contributed by atoms with Crippen molar-refractivity contribution in [2.24, 2.45) is 0 Å². The van der Waals surface area contributed by atoms with Crippen LogP contribution in [0.3, 0.4) is 0 Å². The Kier molecular flexibility index (Phi) is 3.98. The van der Waals surface area contributed by atoms with Crippen molar-refractivity contribution < 1.29 is 13.9 Å². The number of carbonyl (C=O) groups excluding carboxylic acids is 1. The fourth-order valence-corrected chi connectivity index (χ4v) is 2.54. The van der Waals surface area contributed by atoms with E-state index in [0.29, 0.717) is 16.9 Å². The zero-order valence-corrected chi connectivity index (χ0v) is 13.0. The summed E-state index contributed by atoms with van der Waals surface area (Å²) in [6.07, 6.45) is 0.286. The van der Waals surface area contributed by atoms with Gasteiger partial charge in [0.2, 0.25) is 0 Å². The Labute approximate surface area is 133 Å². The molecule has 0 bridgehead atoms. The summed E-state index contributed by atoms with van der Waals surface area (Å²) < 4.78 is 10.6. The van der Waals surface area contributed by atoms with E-state index in [4.69, 9.17) is 9.15 Å². The molecule has 23 heavy (non-hydrogen) atoms. The number of rotatable bonds is 3. The number of hydrogen-bond donors (Lipinski definition) is 0. The number of aryl methyl sites for hydroxylation is 1. The third-order valence-electron chi connectivity index (χ3n) is 3.72. The predicted octanol–water partition coefficient (Wildman–Crippen LogP) is 4.08. The topological polar surface area (TPSA) is 56.5 Å². The second-order valence-electron chi connectivity index (χ2n) is 5.24. The van der Waals surface area contributed by atoms with Crippen molar-refractivity contribution in [1.82, 2.24) is 0 Å². The van der Waals surface area contributed by atoms with Crippen molar-refractivity contribution in [3.05, 3.63) is 64.5 Å². The molecule has 0 spiro atoms. The third kappa shape index (κ3) is 2.88. The van der Waals surface area contributed by atoms with Crippen LogP contribution in [0.2, 0.25) is 0 Å². The lowest BCUT2D eigenvalue weighted by Gasteiger charge is -2.09. The number of benzene rings is 2. The van der Waals surface area contributed by atoms with Crippen LogP contribution in [0.4, 0.5) is 0 Å². The molecule has 2 aromatic carbocycles. The summed E-state index contributed by atoms with van der Waals surface area (Å²) in [7, 11) is 0. The molecule has 0 aliphatic heterocycles. The van der Waals surface area contributed by atoms with E-state index in [1.54, 1.807) is 25.1 Å². The summed E-state index contributed by atoms with van der Waals surface area (Å²) in [5.74, 6) is 0.0451. The van der Waals surface area contributed by atoms with Crippen molar-refractivity contribution in [1.29, 1.82) is 0 Å². The standard InChI is InChI=1S/C19H16O4/c1-3-17(20)22-14-9-10-15-12(2)18(13-7-5-4-6-8-13)19(21)23-16(15)11-14/h4-11H,3H2,1-2H3. The van der Waals surface area contributed by atoms with Gasteiger partial charge >= 0.3 is 11.6 Å². The molecule has 1 heterocycles. The highest BCUT2D eigenvalue weighted by Crippen LogP contribution is 2.28. The summed E-state index contributed by atoms with van der Waals surface area (Å²) in [6, 6.07) is 14.5. The largest absolute Gasteiger partial charge is 0.426 e. The van der Waals surface area contributed by atoms with Gasteiger partial charge in [0.25, 0.3) is 0 Å². The molecule has 0 N–H and O–H groups in total. The SMILES string of the molecule is CCC(=O)Oc1ccc2c(C)c(-c3ccccc3)c(=O)oc2c1. The average Bonchev–Trinajstić information content (AvgIpc) is 2.55. The zero-order chi connectivity index (χ0) is 16.4. The molecule has 3 aromatic rings. The maximum absolute atomic E-state index is 12.4. The molecule has 4 nitrogen and oxygen atoms in total. The van der Waals surface area contributed by atoms with E-state index >= 15 is 0 Å². The van der Waals surface area contributed by atoms with Gasteiger partial charge in [0.15, 0.2) is 0 Å². The Morgan fingerprint density at radius 1 is 1.13 bits per heavy atom. The maximum Gasteiger partial charge on any atom is 0.344 e. The molecule has 0 saturated carbocycles. The van der Waals surface area contributed by atoms with Crippen LogP contribution in [-0.4, -0.2) is 5.97 Å². The van der Waals surface area contributed by atoms with Crippen LogP contribution in [0.25, 0.3) is 22.1 Å². The lowest BCUT2D eigenvalue weighted by atomic mass is 10.00. The van der Waals surface area contributed by atoms with Gasteiger partial charge < -0.3 is 9.15 Å². The summed E-state index contributed by atoms with van der Waals surface area (Å²) in [5.41, 5.74) is 2.23. The van der Waals surface area contributed by atoms with E-state index < -0.39 is 5.63 Å². The second kappa shape index (κ2) is 6.08. The van der Waals surface area contributed by atoms with Crippen molar-refractivity contribution >= 4 is 16.9 Å². The van der Waals surface area contributed by atoms with Crippen LogP contribution in [0.5, 0.6) is 5.75 Å². The Morgan fingerprint density at radius 2 is 1.87 bits per heavy atom. The zero-order valence-electron chi connectivity index (χ0n) is 13.0. The highest BCUT2D eigenvalue weighted by Gasteiger charge is 2.14. The minimum Gasteiger partial charge on any atom is -0.426 e. The Hall–Kier alpha value is -2.88. The first kappa shape index (κ1) is 15.0. The number of carbonyl (C=O) groups is 1. The van der Waals surface area contributed by atoms with Gasteiger partial charge in [0.05, 0.1) is 5.56 Å². The lowest BCUT2D eigenvalue weighted by molar-refractivity contribution is -0.134. The highest BCUT2D eigenvalue weighted by molar-refractivity contribution is 5.88. The van der Waals surface area contributed by atoms with Crippen LogP contribution in [0.15, 0.2) is 57.7 Å². The Bertz CT molecular complexity index is 923. The molecule has 116 valence electrons. The monoisotopic (exact) mass is 308 g/mol. The van der Waals surface area contributed by atoms with Crippen LogP contribution < -0.4 is 10.4 Å². The van der Waals surface area contributed by atoms with E-state index in [1.807, 2.05) is 37.3 Å². The van der Waals surface area contributed by atoms with E-state index in [2.05, 4.69) is 0 Å². The molecule has 0 aliphatic rings. The van der Waals surface area contributed by atoms with E-state index in [1.165, 1.54) is 0 Å². The summed E-state index contributed by atoms with van der Waals surface area (Å²) in [5, 5.41) is 0.819. The summed E-state index contributed by atoms with van der Waals surface area (Å²) in [6.45, 7) is 3.61. The van der Waals surface area contributed by atoms with Crippen molar-refractivity contribution in [3.63, 3.8) is 0 Å². The second-order valence-corrected chi connectivity index (χ2v) is 5.24. The lowest BCUT2D eigenvalue weighted by Crippen LogP contribution is -2.07. The van der Waals surface area contributed by atoms with Gasteiger partial charge in [-0.05, 0) is 30.2 Å². The van der Waals surface area contributed by atoms with E-state index in [-0.39, 0.29) is 12.4 Å². The van der Waals surface area contributed by atoms with Crippen molar-refractivity contribution in [2.45, 2.75) is 20.3 Å². The van der Waals surface area contributed by atoms with Crippen LogP contribution >= 0.6 is 0 Å². The normalized spacial score (nSPS) is 10.7. The number of esters is 1. The number of fused-ring (bicyclic) bond motifs is 1. The maximum atomic E-state index is 12.4. The van der Waals surface area contributed by atoms with Gasteiger partial charge in [-0.25, -0.2) is 4.79 Å². The van der Waals surface area contributed by atoms with Crippen LogP contribution in [0, 0.1) is 6.92 Å². The Morgan fingerprint density at radius 3 is 2.57 bits per heavy atom. The fraction of sp³-hybridized carbons (Fsp3) is 0.158. The molecule has 3 rings (SSSR count). The molecule has 0 amide bonds. The van der Waals surface area contributed by atoms with Gasteiger partial charge in [-0.1, -0.05) is 37.3 Å². The van der Waals surface area contributed by atoms with Crippen LogP contribution in [-0.2, 0) is 4.79 Å².